The standard InChI is InChI=1S/C12H9F5N4/c1-18-9-5-10(21-11(20-9)12(15,16)17)19-8-3-2-6(13)4-7(8)14/h2-5H,1H3,(H2,18,19,20,21). The van der Waals surface area contributed by atoms with Crippen molar-refractivity contribution in [2.75, 3.05) is 17.7 Å². The Bertz CT molecular complexity index is 657. The molecule has 1 heterocycles. The Hall–Kier alpha value is -2.45. The molecular weight excluding hydrogens is 295 g/mol. The van der Waals surface area contributed by atoms with Gasteiger partial charge in [-0.05, 0) is 12.1 Å². The normalized spacial score (nSPS) is 11.3. The molecule has 21 heavy (non-hydrogen) atoms. The summed E-state index contributed by atoms with van der Waals surface area (Å²) in [5.74, 6) is -3.49. The Morgan fingerprint density at radius 3 is 2.24 bits per heavy atom. The highest BCUT2D eigenvalue weighted by molar-refractivity contribution is 5.59. The van der Waals surface area contributed by atoms with Crippen molar-refractivity contribution < 1.29 is 22.0 Å². The van der Waals surface area contributed by atoms with Crippen LogP contribution in [-0.4, -0.2) is 17.0 Å². The lowest BCUT2D eigenvalue weighted by molar-refractivity contribution is -0.144. The maximum Gasteiger partial charge on any atom is 0.451 e. The summed E-state index contributed by atoms with van der Waals surface area (Å²) in [4.78, 5) is 6.52. The smallest absolute Gasteiger partial charge is 0.373 e. The molecule has 0 spiro atoms. The summed E-state index contributed by atoms with van der Waals surface area (Å²) in [6, 6.07) is 3.79. The second-order valence-corrected chi connectivity index (χ2v) is 3.96. The Labute approximate surface area is 116 Å². The molecule has 1 aromatic carbocycles. The first-order valence-electron chi connectivity index (χ1n) is 5.65. The van der Waals surface area contributed by atoms with Crippen molar-refractivity contribution in [3.63, 3.8) is 0 Å². The highest BCUT2D eigenvalue weighted by Gasteiger charge is 2.35. The van der Waals surface area contributed by atoms with Gasteiger partial charge in [-0.1, -0.05) is 0 Å². The lowest BCUT2D eigenvalue weighted by Crippen LogP contribution is -2.13. The number of alkyl halides is 3. The van der Waals surface area contributed by atoms with Crippen LogP contribution in [0.15, 0.2) is 24.3 Å². The Morgan fingerprint density at radius 2 is 1.67 bits per heavy atom. The number of nitrogens with one attached hydrogen (secondary N) is 2. The van der Waals surface area contributed by atoms with Crippen molar-refractivity contribution in [3.05, 3.63) is 41.7 Å². The van der Waals surface area contributed by atoms with Gasteiger partial charge in [-0.2, -0.15) is 13.2 Å². The first-order valence-corrected chi connectivity index (χ1v) is 5.65. The van der Waals surface area contributed by atoms with Gasteiger partial charge in [0, 0.05) is 19.2 Å². The van der Waals surface area contributed by atoms with Crippen molar-refractivity contribution in [2.24, 2.45) is 0 Å². The van der Waals surface area contributed by atoms with Gasteiger partial charge in [-0.25, -0.2) is 18.7 Å². The molecule has 2 aromatic rings. The molecule has 1 aromatic heterocycles. The molecule has 9 heteroatoms. The zero-order valence-corrected chi connectivity index (χ0v) is 10.6. The summed E-state index contributed by atoms with van der Waals surface area (Å²) in [5.41, 5.74) is -0.203. The minimum atomic E-state index is -4.75. The van der Waals surface area contributed by atoms with E-state index in [1.54, 1.807) is 0 Å². The van der Waals surface area contributed by atoms with E-state index in [-0.39, 0.29) is 17.3 Å². The van der Waals surface area contributed by atoms with Crippen LogP contribution in [-0.2, 0) is 6.18 Å². The summed E-state index contributed by atoms with van der Waals surface area (Å²) >= 11 is 0. The van der Waals surface area contributed by atoms with E-state index in [1.807, 2.05) is 0 Å². The van der Waals surface area contributed by atoms with Gasteiger partial charge >= 0.3 is 6.18 Å². The third kappa shape index (κ3) is 3.56. The fourth-order valence-corrected chi connectivity index (χ4v) is 1.49. The van der Waals surface area contributed by atoms with Gasteiger partial charge in [0.1, 0.15) is 23.3 Å². The molecule has 0 radical (unpaired) electrons. The van der Waals surface area contributed by atoms with Crippen LogP contribution < -0.4 is 10.6 Å². The van der Waals surface area contributed by atoms with E-state index in [9.17, 15) is 22.0 Å². The molecule has 4 nitrogen and oxygen atoms in total. The first kappa shape index (κ1) is 14.9. The van der Waals surface area contributed by atoms with Crippen LogP contribution >= 0.6 is 0 Å². The SMILES string of the molecule is CNc1cc(Nc2ccc(F)cc2F)nc(C(F)(F)F)n1. The number of rotatable bonds is 3. The van der Waals surface area contributed by atoms with E-state index in [0.717, 1.165) is 18.2 Å². The number of nitrogens with zero attached hydrogens (tertiary/aromatic N) is 2. The van der Waals surface area contributed by atoms with Gasteiger partial charge in [-0.3, -0.25) is 0 Å². The zero-order chi connectivity index (χ0) is 15.6. The number of anilines is 3. The third-order valence-corrected chi connectivity index (χ3v) is 2.43. The number of halogens is 5. The van der Waals surface area contributed by atoms with E-state index in [2.05, 4.69) is 20.6 Å². The molecule has 0 atom stereocenters. The van der Waals surface area contributed by atoms with Crippen molar-refractivity contribution in [3.8, 4) is 0 Å². The van der Waals surface area contributed by atoms with Crippen LogP contribution in [0.5, 0.6) is 0 Å². The van der Waals surface area contributed by atoms with Crippen LogP contribution in [0, 0.1) is 11.6 Å². The van der Waals surface area contributed by atoms with Gasteiger partial charge in [0.15, 0.2) is 0 Å². The highest BCUT2D eigenvalue weighted by atomic mass is 19.4. The maximum absolute atomic E-state index is 13.5. The van der Waals surface area contributed by atoms with Crippen molar-refractivity contribution >= 4 is 17.3 Å². The molecular formula is C12H9F5N4. The van der Waals surface area contributed by atoms with Crippen LogP contribution in [0.2, 0.25) is 0 Å². The molecule has 0 saturated heterocycles. The summed E-state index contributed by atoms with van der Waals surface area (Å²) < 4.78 is 64.2. The van der Waals surface area contributed by atoms with Crippen molar-refractivity contribution in [1.82, 2.24) is 9.97 Å². The number of benzene rings is 1. The van der Waals surface area contributed by atoms with E-state index in [1.165, 1.54) is 7.05 Å². The van der Waals surface area contributed by atoms with Gasteiger partial charge in [-0.15, -0.1) is 0 Å². The third-order valence-electron chi connectivity index (χ3n) is 2.43. The second-order valence-electron chi connectivity index (χ2n) is 3.96. The molecule has 0 bridgehead atoms. The van der Waals surface area contributed by atoms with Crippen LogP contribution in [0.25, 0.3) is 0 Å². The molecule has 0 fully saturated rings. The molecule has 0 unspecified atom stereocenters. The molecule has 0 aliphatic rings. The van der Waals surface area contributed by atoms with Crippen molar-refractivity contribution in [2.45, 2.75) is 6.18 Å². The predicted octanol–water partition coefficient (Wildman–Crippen LogP) is 3.56. The minimum absolute atomic E-state index is 0.0951. The molecule has 0 aliphatic heterocycles. The largest absolute Gasteiger partial charge is 0.451 e. The molecule has 112 valence electrons. The van der Waals surface area contributed by atoms with Gasteiger partial charge in [0.25, 0.3) is 0 Å². The maximum atomic E-state index is 13.5. The minimum Gasteiger partial charge on any atom is -0.373 e. The fraction of sp³-hybridized carbons (Fsp3) is 0.167. The fourth-order valence-electron chi connectivity index (χ4n) is 1.49. The second kappa shape index (κ2) is 5.51. The van der Waals surface area contributed by atoms with Crippen molar-refractivity contribution in [1.29, 1.82) is 0 Å². The average Bonchev–Trinajstić information content (AvgIpc) is 2.40. The molecule has 2 N–H and O–H groups in total. The Kier molecular flexibility index (Phi) is 3.92. The summed E-state index contributed by atoms with van der Waals surface area (Å²) in [6.07, 6.45) is -4.75. The van der Waals surface area contributed by atoms with E-state index in [4.69, 9.17) is 0 Å². The summed E-state index contributed by atoms with van der Waals surface area (Å²) in [6.45, 7) is 0. The molecule has 0 aliphatic carbocycles. The Morgan fingerprint density at radius 1 is 1.00 bits per heavy atom. The predicted molar refractivity (Wildman–Crippen MR) is 66.2 cm³/mol. The number of hydrogen-bond donors (Lipinski definition) is 2. The quantitative estimate of drug-likeness (QED) is 0.851. The van der Waals surface area contributed by atoms with E-state index >= 15 is 0 Å². The molecule has 0 amide bonds. The topological polar surface area (TPSA) is 49.8 Å². The monoisotopic (exact) mass is 304 g/mol. The van der Waals surface area contributed by atoms with Gasteiger partial charge in [0.2, 0.25) is 5.82 Å². The van der Waals surface area contributed by atoms with E-state index in [0.29, 0.717) is 6.07 Å². The van der Waals surface area contributed by atoms with E-state index < -0.39 is 23.6 Å². The lowest BCUT2D eigenvalue weighted by atomic mass is 10.3. The lowest BCUT2D eigenvalue weighted by Gasteiger charge is -2.11. The highest BCUT2D eigenvalue weighted by Crippen LogP contribution is 2.29. The van der Waals surface area contributed by atoms with Gasteiger partial charge < -0.3 is 10.6 Å². The number of hydrogen-bond acceptors (Lipinski definition) is 4. The van der Waals surface area contributed by atoms with Crippen LogP contribution in [0.1, 0.15) is 5.82 Å². The van der Waals surface area contributed by atoms with Gasteiger partial charge in [0.05, 0.1) is 5.69 Å². The summed E-state index contributed by atoms with van der Waals surface area (Å²) in [7, 11) is 1.38. The molecule has 0 saturated carbocycles. The first-order chi connectivity index (χ1) is 9.79. The number of aromatic nitrogens is 2. The molecule has 2 rings (SSSR count). The Balaban J connectivity index is 2.39. The van der Waals surface area contributed by atoms with Crippen LogP contribution in [0.3, 0.4) is 0 Å². The summed E-state index contributed by atoms with van der Waals surface area (Å²) in [5, 5.41) is 4.80. The zero-order valence-electron chi connectivity index (χ0n) is 10.6. The average molecular weight is 304 g/mol. The van der Waals surface area contributed by atoms with Crippen LogP contribution in [0.4, 0.5) is 39.3 Å².